The normalized spacial score (nSPS) is 18.9. The van der Waals surface area contributed by atoms with Crippen molar-refractivity contribution in [3.63, 3.8) is 0 Å². The van der Waals surface area contributed by atoms with Crippen molar-refractivity contribution >= 4 is 11.4 Å². The van der Waals surface area contributed by atoms with Gasteiger partial charge < -0.3 is 14.7 Å². The van der Waals surface area contributed by atoms with Crippen LogP contribution in [0.4, 0.5) is 11.4 Å². The predicted molar refractivity (Wildman–Crippen MR) is 71.7 cm³/mol. The highest BCUT2D eigenvalue weighted by Gasteiger charge is 2.23. The van der Waals surface area contributed by atoms with Gasteiger partial charge in [0.05, 0.1) is 17.1 Å². The molecule has 19 heavy (non-hydrogen) atoms. The van der Waals surface area contributed by atoms with Gasteiger partial charge in [0, 0.05) is 30.9 Å². The molecule has 0 amide bonds. The largest absolute Gasteiger partial charge is 0.484 e. The first-order valence-corrected chi connectivity index (χ1v) is 6.35. The maximum atomic E-state index is 11.0. The number of rotatable bonds is 4. The third-order valence-electron chi connectivity index (χ3n) is 3.03. The Hall–Kier alpha value is -1.82. The number of ether oxygens (including phenoxy) is 1. The Morgan fingerprint density at radius 2 is 2.26 bits per heavy atom. The summed E-state index contributed by atoms with van der Waals surface area (Å²) < 4.78 is 5.50. The molecule has 0 saturated carbocycles. The van der Waals surface area contributed by atoms with E-state index in [1.54, 1.807) is 12.1 Å². The van der Waals surface area contributed by atoms with Crippen molar-refractivity contribution in [2.24, 2.45) is 0 Å². The van der Waals surface area contributed by atoms with Crippen LogP contribution in [0, 0.1) is 10.1 Å². The number of nitrogens with zero attached hydrogens (tertiary/aromatic N) is 2. The van der Waals surface area contributed by atoms with Crippen LogP contribution < -0.4 is 9.64 Å². The van der Waals surface area contributed by atoms with Crippen LogP contribution in [0.3, 0.4) is 0 Å². The fourth-order valence-corrected chi connectivity index (χ4v) is 2.18. The number of hydrogen-bond donors (Lipinski definition) is 1. The molecule has 1 atom stereocenters. The van der Waals surface area contributed by atoms with Crippen LogP contribution in [0.5, 0.6) is 5.75 Å². The van der Waals surface area contributed by atoms with Gasteiger partial charge in [0.25, 0.3) is 0 Å². The SMILES string of the molecule is CC(C)Oc1cc(N2CC[C@H](O)C2)ccc1[N+](=O)[O-]. The van der Waals surface area contributed by atoms with Crippen LogP contribution in [-0.2, 0) is 0 Å². The Morgan fingerprint density at radius 1 is 1.53 bits per heavy atom. The van der Waals surface area contributed by atoms with E-state index in [1.165, 1.54) is 6.07 Å². The van der Waals surface area contributed by atoms with Crippen molar-refractivity contribution in [3.05, 3.63) is 28.3 Å². The molecule has 2 rings (SSSR count). The van der Waals surface area contributed by atoms with Crippen LogP contribution >= 0.6 is 0 Å². The van der Waals surface area contributed by atoms with Gasteiger partial charge in [-0.05, 0) is 26.3 Å². The molecule has 1 heterocycles. The molecule has 0 aliphatic carbocycles. The first kappa shape index (κ1) is 13.6. The van der Waals surface area contributed by atoms with Crippen LogP contribution in [-0.4, -0.2) is 35.3 Å². The molecular weight excluding hydrogens is 248 g/mol. The second-order valence-corrected chi connectivity index (χ2v) is 4.96. The zero-order chi connectivity index (χ0) is 14.0. The Kier molecular flexibility index (Phi) is 3.90. The highest BCUT2D eigenvalue weighted by Crippen LogP contribution is 2.33. The number of aliphatic hydroxyl groups is 1. The number of benzene rings is 1. The minimum absolute atomic E-state index is 0.0304. The lowest BCUT2D eigenvalue weighted by Crippen LogP contribution is -2.21. The summed E-state index contributed by atoms with van der Waals surface area (Å²) >= 11 is 0. The first-order chi connectivity index (χ1) is 8.97. The Morgan fingerprint density at radius 3 is 2.79 bits per heavy atom. The monoisotopic (exact) mass is 266 g/mol. The molecule has 6 nitrogen and oxygen atoms in total. The molecule has 1 saturated heterocycles. The van der Waals surface area contributed by atoms with Gasteiger partial charge in [0.15, 0.2) is 5.75 Å². The second-order valence-electron chi connectivity index (χ2n) is 4.96. The molecule has 0 aromatic heterocycles. The van der Waals surface area contributed by atoms with Gasteiger partial charge in [-0.2, -0.15) is 0 Å². The molecule has 1 aliphatic heterocycles. The van der Waals surface area contributed by atoms with Crippen molar-refractivity contribution in [2.45, 2.75) is 32.5 Å². The van der Waals surface area contributed by atoms with Crippen LogP contribution in [0.25, 0.3) is 0 Å². The lowest BCUT2D eigenvalue weighted by molar-refractivity contribution is -0.386. The van der Waals surface area contributed by atoms with E-state index in [1.807, 2.05) is 18.7 Å². The van der Waals surface area contributed by atoms with Gasteiger partial charge in [-0.25, -0.2) is 0 Å². The van der Waals surface area contributed by atoms with Crippen molar-refractivity contribution in [3.8, 4) is 5.75 Å². The molecule has 1 aromatic carbocycles. The van der Waals surface area contributed by atoms with Crippen LogP contribution in [0.15, 0.2) is 18.2 Å². The number of hydrogen-bond acceptors (Lipinski definition) is 5. The molecule has 1 N–H and O–H groups in total. The minimum atomic E-state index is -0.444. The third kappa shape index (κ3) is 3.14. The molecule has 1 fully saturated rings. The van der Waals surface area contributed by atoms with Gasteiger partial charge in [0.2, 0.25) is 0 Å². The summed E-state index contributed by atoms with van der Waals surface area (Å²) in [4.78, 5) is 12.5. The predicted octanol–water partition coefficient (Wildman–Crippen LogP) is 1.95. The summed E-state index contributed by atoms with van der Waals surface area (Å²) in [5, 5.41) is 20.5. The van der Waals surface area contributed by atoms with Crippen LogP contribution in [0.2, 0.25) is 0 Å². The fraction of sp³-hybridized carbons (Fsp3) is 0.538. The third-order valence-corrected chi connectivity index (χ3v) is 3.03. The fourth-order valence-electron chi connectivity index (χ4n) is 2.18. The Balaban J connectivity index is 2.29. The number of β-amino-alcohol motifs (C(OH)–C–C–N with tert-alkyl or cyclic N) is 1. The number of nitro groups is 1. The molecule has 0 bridgehead atoms. The zero-order valence-electron chi connectivity index (χ0n) is 11.1. The number of aliphatic hydroxyl groups excluding tert-OH is 1. The van der Waals surface area contributed by atoms with Gasteiger partial charge in [-0.15, -0.1) is 0 Å². The van der Waals surface area contributed by atoms with Crippen LogP contribution in [0.1, 0.15) is 20.3 Å². The average Bonchev–Trinajstić information content (AvgIpc) is 2.74. The molecule has 0 unspecified atom stereocenters. The highest BCUT2D eigenvalue weighted by molar-refractivity contribution is 5.59. The maximum Gasteiger partial charge on any atom is 0.311 e. The summed E-state index contributed by atoms with van der Waals surface area (Å²) in [7, 11) is 0. The van der Waals surface area contributed by atoms with Crippen molar-refractivity contribution in [1.29, 1.82) is 0 Å². The van der Waals surface area contributed by atoms with E-state index < -0.39 is 4.92 Å². The van der Waals surface area contributed by atoms with E-state index in [-0.39, 0.29) is 23.6 Å². The molecule has 6 heteroatoms. The van der Waals surface area contributed by atoms with Gasteiger partial charge in [-0.3, -0.25) is 10.1 Å². The van der Waals surface area contributed by atoms with E-state index in [4.69, 9.17) is 4.74 Å². The second kappa shape index (κ2) is 5.44. The Labute approximate surface area is 111 Å². The smallest absolute Gasteiger partial charge is 0.311 e. The summed E-state index contributed by atoms with van der Waals surface area (Å²) in [6.45, 7) is 4.96. The zero-order valence-corrected chi connectivity index (χ0v) is 11.1. The maximum absolute atomic E-state index is 11.0. The number of nitro benzene ring substituents is 1. The minimum Gasteiger partial charge on any atom is -0.484 e. The summed E-state index contributed by atoms with van der Waals surface area (Å²) in [5.74, 6) is 0.277. The highest BCUT2D eigenvalue weighted by atomic mass is 16.6. The van der Waals surface area contributed by atoms with Gasteiger partial charge in [-0.1, -0.05) is 0 Å². The van der Waals surface area contributed by atoms with Crippen molar-refractivity contribution in [2.75, 3.05) is 18.0 Å². The Bertz CT molecular complexity index is 476. The summed E-state index contributed by atoms with van der Waals surface area (Å²) in [6.07, 6.45) is 0.264. The first-order valence-electron chi connectivity index (χ1n) is 6.35. The standard InChI is InChI=1S/C13H18N2O4/c1-9(2)19-13-7-10(3-4-12(13)15(17)18)14-6-5-11(16)8-14/h3-4,7,9,11,16H,5-6,8H2,1-2H3/t11-/m0/s1. The average molecular weight is 266 g/mol. The van der Waals surface area contributed by atoms with E-state index in [0.717, 1.165) is 18.7 Å². The number of anilines is 1. The van der Waals surface area contributed by atoms with E-state index in [2.05, 4.69) is 0 Å². The van der Waals surface area contributed by atoms with E-state index in [0.29, 0.717) is 6.54 Å². The van der Waals surface area contributed by atoms with Gasteiger partial charge in [0.1, 0.15) is 0 Å². The van der Waals surface area contributed by atoms with E-state index >= 15 is 0 Å². The topological polar surface area (TPSA) is 75.8 Å². The quantitative estimate of drug-likeness (QED) is 0.666. The van der Waals surface area contributed by atoms with Crippen molar-refractivity contribution in [1.82, 2.24) is 0 Å². The lowest BCUT2D eigenvalue weighted by Gasteiger charge is -2.19. The molecule has 1 aliphatic rings. The summed E-state index contributed by atoms with van der Waals surface area (Å²) in [6, 6.07) is 4.83. The molecular formula is C13H18N2O4. The summed E-state index contributed by atoms with van der Waals surface area (Å²) in [5.41, 5.74) is 0.815. The van der Waals surface area contributed by atoms with E-state index in [9.17, 15) is 15.2 Å². The molecule has 104 valence electrons. The molecule has 0 radical (unpaired) electrons. The molecule has 1 aromatic rings. The van der Waals surface area contributed by atoms with Gasteiger partial charge >= 0.3 is 5.69 Å². The van der Waals surface area contributed by atoms with Crippen molar-refractivity contribution < 1.29 is 14.8 Å². The lowest BCUT2D eigenvalue weighted by atomic mass is 10.2. The molecule has 0 spiro atoms.